The van der Waals surface area contributed by atoms with E-state index in [0.717, 1.165) is 0 Å². The van der Waals surface area contributed by atoms with Crippen molar-refractivity contribution >= 4 is 10.1 Å². The zero-order valence-corrected chi connectivity index (χ0v) is 9.06. The lowest BCUT2D eigenvalue weighted by Gasteiger charge is -2.23. The Kier molecular flexibility index (Phi) is 4.31. The van der Waals surface area contributed by atoms with Gasteiger partial charge < -0.3 is 0 Å². The Hall–Kier alpha value is -0.170. The van der Waals surface area contributed by atoms with E-state index in [9.17, 15) is 8.42 Å². The van der Waals surface area contributed by atoms with Crippen LogP contribution in [0.3, 0.4) is 0 Å². The van der Waals surface area contributed by atoms with Gasteiger partial charge in [0, 0.05) is 6.54 Å². The molecule has 0 aliphatic rings. The monoisotopic (exact) mass is 210 g/mol. The highest BCUT2D eigenvalue weighted by Gasteiger charge is 2.27. The summed E-state index contributed by atoms with van der Waals surface area (Å²) in [7, 11) is -4.00. The molecule has 0 aromatic heterocycles. The van der Waals surface area contributed by atoms with Gasteiger partial charge in [-0.05, 0) is 11.8 Å². The van der Waals surface area contributed by atoms with Crippen LogP contribution in [0.4, 0.5) is 0 Å². The van der Waals surface area contributed by atoms with Gasteiger partial charge in [-0.2, -0.15) is 8.42 Å². The van der Waals surface area contributed by atoms with Gasteiger partial charge in [-0.3, -0.25) is 15.8 Å². The predicted octanol–water partition coefficient (Wildman–Crippen LogP) is 0.142. The summed E-state index contributed by atoms with van der Waals surface area (Å²) >= 11 is 0. The molecule has 0 saturated carbocycles. The molecule has 0 rings (SSSR count). The molecule has 0 aromatic carbocycles. The molecule has 0 amide bonds. The van der Waals surface area contributed by atoms with E-state index >= 15 is 0 Å². The molecule has 0 aliphatic carbocycles. The Labute approximate surface area is 79.4 Å². The highest BCUT2D eigenvalue weighted by atomic mass is 32.2. The van der Waals surface area contributed by atoms with Gasteiger partial charge in [-0.1, -0.05) is 20.8 Å². The van der Waals surface area contributed by atoms with Crippen LogP contribution < -0.4 is 11.3 Å². The minimum atomic E-state index is -4.00. The van der Waals surface area contributed by atoms with Crippen LogP contribution in [0.2, 0.25) is 0 Å². The highest BCUT2D eigenvalue weighted by Crippen LogP contribution is 2.23. The fourth-order valence-corrected chi connectivity index (χ4v) is 2.11. The Morgan fingerprint density at radius 3 is 2.15 bits per heavy atom. The third-order valence-electron chi connectivity index (χ3n) is 1.61. The topological polar surface area (TPSA) is 92.4 Å². The van der Waals surface area contributed by atoms with Crippen LogP contribution in [-0.2, 0) is 10.1 Å². The van der Waals surface area contributed by atoms with Crippen molar-refractivity contribution in [3.63, 3.8) is 0 Å². The van der Waals surface area contributed by atoms with Crippen LogP contribution in [0.5, 0.6) is 0 Å². The minimum absolute atomic E-state index is 0.0656. The van der Waals surface area contributed by atoms with Crippen molar-refractivity contribution in [3.05, 3.63) is 0 Å². The van der Waals surface area contributed by atoms with Crippen molar-refractivity contribution in [3.8, 4) is 0 Å². The molecule has 0 heterocycles. The van der Waals surface area contributed by atoms with Gasteiger partial charge in [0.15, 0.2) is 0 Å². The lowest BCUT2D eigenvalue weighted by atomic mass is 9.90. The van der Waals surface area contributed by atoms with Crippen molar-refractivity contribution in [1.82, 2.24) is 5.43 Å². The van der Waals surface area contributed by atoms with Crippen molar-refractivity contribution in [2.75, 3.05) is 6.54 Å². The molecule has 0 aromatic rings. The molecule has 1 unspecified atom stereocenters. The third-order valence-corrected chi connectivity index (χ3v) is 2.78. The lowest BCUT2D eigenvalue weighted by molar-refractivity contribution is 0.347. The molecule has 0 fully saturated rings. The molecule has 6 heteroatoms. The van der Waals surface area contributed by atoms with Crippen molar-refractivity contribution < 1.29 is 13.0 Å². The molecule has 0 spiro atoms. The average Bonchev–Trinajstić information content (AvgIpc) is 1.81. The number of hydrogen-bond acceptors (Lipinski definition) is 4. The number of nitrogens with one attached hydrogen (secondary N) is 1. The van der Waals surface area contributed by atoms with Gasteiger partial charge in [-0.15, -0.1) is 0 Å². The summed E-state index contributed by atoms with van der Waals surface area (Å²) in [5.41, 5.74) is 2.10. The molecule has 80 valence electrons. The second-order valence-electron chi connectivity index (χ2n) is 4.31. The summed E-state index contributed by atoms with van der Waals surface area (Å²) in [5, 5.41) is -0.836. The Morgan fingerprint density at radius 2 is 1.92 bits per heavy atom. The molecule has 0 bridgehead atoms. The van der Waals surface area contributed by atoms with Crippen LogP contribution in [-0.4, -0.2) is 24.8 Å². The second kappa shape index (κ2) is 4.36. The van der Waals surface area contributed by atoms with Crippen LogP contribution in [0.15, 0.2) is 0 Å². The zero-order chi connectivity index (χ0) is 10.7. The molecule has 13 heavy (non-hydrogen) atoms. The Morgan fingerprint density at radius 1 is 1.46 bits per heavy atom. The summed E-state index contributed by atoms with van der Waals surface area (Å²) in [5.74, 6) is 5.02. The van der Waals surface area contributed by atoms with E-state index in [1.165, 1.54) is 0 Å². The van der Waals surface area contributed by atoms with Gasteiger partial charge in [0.1, 0.15) is 5.25 Å². The first kappa shape index (κ1) is 12.8. The minimum Gasteiger partial charge on any atom is -0.285 e. The van der Waals surface area contributed by atoms with Gasteiger partial charge in [0.2, 0.25) is 0 Å². The highest BCUT2D eigenvalue weighted by molar-refractivity contribution is 7.86. The van der Waals surface area contributed by atoms with Gasteiger partial charge in [0.25, 0.3) is 10.1 Å². The fraction of sp³-hybridized carbons (Fsp3) is 1.00. The van der Waals surface area contributed by atoms with E-state index in [1.54, 1.807) is 0 Å². The first-order chi connectivity index (χ1) is 5.67. The van der Waals surface area contributed by atoms with Crippen molar-refractivity contribution in [1.29, 1.82) is 0 Å². The normalized spacial score (nSPS) is 15.8. The van der Waals surface area contributed by atoms with Crippen LogP contribution in [0, 0.1) is 5.41 Å². The fourth-order valence-electron chi connectivity index (χ4n) is 1.10. The molecule has 0 saturated heterocycles. The van der Waals surface area contributed by atoms with Gasteiger partial charge in [-0.25, -0.2) is 0 Å². The maximum atomic E-state index is 10.9. The van der Waals surface area contributed by atoms with E-state index in [0.29, 0.717) is 6.42 Å². The summed E-state index contributed by atoms with van der Waals surface area (Å²) in [6.45, 7) is 5.78. The number of hydrogen-bond donors (Lipinski definition) is 3. The standard InChI is InChI=1S/C7H18N2O3S/c1-7(2,3)4-6(5-9-8)13(10,11)12/h6,9H,4-5,8H2,1-3H3,(H,10,11,12). The maximum absolute atomic E-state index is 10.9. The van der Waals surface area contributed by atoms with E-state index in [1.807, 2.05) is 20.8 Å². The van der Waals surface area contributed by atoms with Gasteiger partial charge >= 0.3 is 0 Å². The zero-order valence-electron chi connectivity index (χ0n) is 8.24. The second-order valence-corrected chi connectivity index (χ2v) is 6.01. The quantitative estimate of drug-likeness (QED) is 0.349. The summed E-state index contributed by atoms with van der Waals surface area (Å²) in [6, 6.07) is 0. The number of nitrogens with two attached hydrogens (primary N) is 1. The largest absolute Gasteiger partial charge is 0.285 e. The molecular weight excluding hydrogens is 192 g/mol. The van der Waals surface area contributed by atoms with Crippen LogP contribution >= 0.6 is 0 Å². The first-order valence-corrected chi connectivity index (χ1v) is 5.57. The predicted molar refractivity (Wildman–Crippen MR) is 51.6 cm³/mol. The number of hydrazine groups is 1. The Bertz CT molecular complexity index is 243. The smallest absolute Gasteiger partial charge is 0.269 e. The number of rotatable bonds is 4. The van der Waals surface area contributed by atoms with Crippen LogP contribution in [0.1, 0.15) is 27.2 Å². The molecule has 4 N–H and O–H groups in total. The summed E-state index contributed by atoms with van der Waals surface area (Å²) in [6.07, 6.45) is 0.371. The lowest BCUT2D eigenvalue weighted by Crippen LogP contribution is -2.39. The molecule has 5 nitrogen and oxygen atoms in total. The Balaban J connectivity index is 4.46. The first-order valence-electron chi connectivity index (χ1n) is 4.06. The molecule has 0 aliphatic heterocycles. The van der Waals surface area contributed by atoms with E-state index in [-0.39, 0.29) is 12.0 Å². The third kappa shape index (κ3) is 5.98. The van der Waals surface area contributed by atoms with Gasteiger partial charge in [0.05, 0.1) is 0 Å². The molecular formula is C7H18N2O3S. The summed E-state index contributed by atoms with van der Waals surface area (Å²) < 4.78 is 30.6. The van der Waals surface area contributed by atoms with E-state index in [4.69, 9.17) is 10.4 Å². The SMILES string of the molecule is CC(C)(C)CC(CNN)S(=O)(=O)O. The summed E-state index contributed by atoms with van der Waals surface area (Å²) in [4.78, 5) is 0. The van der Waals surface area contributed by atoms with E-state index < -0.39 is 15.4 Å². The van der Waals surface area contributed by atoms with Crippen molar-refractivity contribution in [2.45, 2.75) is 32.4 Å². The molecule has 0 radical (unpaired) electrons. The van der Waals surface area contributed by atoms with Crippen LogP contribution in [0.25, 0.3) is 0 Å². The molecule has 1 atom stereocenters. The van der Waals surface area contributed by atoms with Crippen molar-refractivity contribution in [2.24, 2.45) is 11.3 Å². The maximum Gasteiger partial charge on any atom is 0.269 e. The average molecular weight is 210 g/mol. The van der Waals surface area contributed by atoms with E-state index in [2.05, 4.69) is 5.43 Å².